The van der Waals surface area contributed by atoms with Gasteiger partial charge in [-0.2, -0.15) is 5.09 Å². The Hall–Kier alpha value is -2.83. The molecule has 0 bridgehead atoms. The molecule has 0 radical (unpaired) electrons. The van der Waals surface area contributed by atoms with Crippen LogP contribution in [0, 0.1) is 0 Å². The topological polar surface area (TPSA) is 158 Å². The molecule has 12 nitrogen and oxygen atoms in total. The summed E-state index contributed by atoms with van der Waals surface area (Å²) in [5.74, 6) is -0.388. The maximum Gasteiger partial charge on any atom is 0.459 e. The van der Waals surface area contributed by atoms with Crippen molar-refractivity contribution in [1.29, 1.82) is 0 Å². The van der Waals surface area contributed by atoms with Gasteiger partial charge in [-0.15, -0.1) is 0 Å². The van der Waals surface area contributed by atoms with Gasteiger partial charge in [0.2, 0.25) is 0 Å². The molecular formula is C27H37FN3O9P. The zero-order valence-corrected chi connectivity index (χ0v) is 24.6. The maximum atomic E-state index is 15.7. The fourth-order valence-corrected chi connectivity index (χ4v) is 6.40. The number of rotatable bonds is 9. The minimum absolute atomic E-state index is 0.315. The summed E-state index contributed by atoms with van der Waals surface area (Å²) in [5, 5.41) is 13.3. The molecule has 0 spiro atoms. The number of hydrogen-bond acceptors (Lipinski definition) is 9. The fraction of sp³-hybridized carbons (Fsp3) is 0.593. The number of nitrogens with zero attached hydrogens (tertiary/aromatic N) is 1. The lowest BCUT2D eigenvalue weighted by Crippen LogP contribution is -2.44. The molecule has 3 N–H and O–H groups in total. The molecule has 14 heteroatoms. The molecule has 1 fully saturated rings. The van der Waals surface area contributed by atoms with Crippen LogP contribution in [-0.4, -0.2) is 56.8 Å². The number of benzene rings is 1. The highest BCUT2D eigenvalue weighted by atomic mass is 31.2. The number of carbonyl (C=O) groups excluding carboxylic acids is 1. The minimum atomic E-state index is -4.37. The quantitative estimate of drug-likeness (QED) is 0.290. The summed E-state index contributed by atoms with van der Waals surface area (Å²) in [6, 6.07) is 5.27. The van der Waals surface area contributed by atoms with Crippen molar-refractivity contribution >= 4 is 13.7 Å². The predicted octanol–water partition coefficient (Wildman–Crippen LogP) is 2.93. The number of nitrogens with one attached hydrogen (secondary N) is 2. The Balaban J connectivity index is 1.58. The lowest BCUT2D eigenvalue weighted by molar-refractivity contribution is -0.156. The highest BCUT2D eigenvalue weighted by molar-refractivity contribution is 7.52. The third-order valence-electron chi connectivity index (χ3n) is 6.91. The smallest absolute Gasteiger partial charge is 0.459 e. The number of fused-ring (bicyclic) bond motifs is 1. The van der Waals surface area contributed by atoms with E-state index in [0.29, 0.717) is 12.2 Å². The van der Waals surface area contributed by atoms with Crippen LogP contribution in [0.5, 0.6) is 5.75 Å². The molecule has 1 aromatic carbocycles. The second-order valence-electron chi connectivity index (χ2n) is 11.5. The molecule has 2 heterocycles. The van der Waals surface area contributed by atoms with Gasteiger partial charge >= 0.3 is 19.4 Å². The van der Waals surface area contributed by atoms with Crippen molar-refractivity contribution < 1.29 is 37.4 Å². The molecule has 1 aliphatic carbocycles. The van der Waals surface area contributed by atoms with E-state index in [0.717, 1.165) is 54.1 Å². The maximum absolute atomic E-state index is 15.7. The molecular weight excluding hydrogens is 560 g/mol. The second kappa shape index (κ2) is 11.8. The lowest BCUT2D eigenvalue weighted by atomic mass is 9.91. The average Bonchev–Trinajstić information content (AvgIpc) is 3.10. The molecule has 2 unspecified atom stereocenters. The standard InChI is InChI=1S/C27H37FN3O9P/c1-16(23(34)39-26(2,3)4)30-41(36,40-19-12-8-10-17-9-6-7-11-18(17)19)37-15-20-22(33)27(5,28)24(38-20)31-14-13-21(32)29-25(31)35/h8,10,12-14,16,20,22,24,33H,6-7,9,11,15H2,1-5H3,(H,30,36)(H,29,32,35)/t16-,20?,22+,24+,27+,41?/m0/s1. The molecule has 0 amide bonds. The van der Waals surface area contributed by atoms with Crippen LogP contribution in [0.4, 0.5) is 4.39 Å². The number of alkyl halides is 1. The van der Waals surface area contributed by atoms with Gasteiger partial charge in [0.05, 0.1) is 6.61 Å². The van der Waals surface area contributed by atoms with E-state index in [1.807, 2.05) is 11.1 Å². The van der Waals surface area contributed by atoms with Crippen molar-refractivity contribution in [3.8, 4) is 5.75 Å². The number of aromatic amines is 1. The van der Waals surface area contributed by atoms with Gasteiger partial charge in [-0.05, 0) is 77.5 Å². The number of aliphatic hydroxyl groups is 1. The molecule has 2 aromatic rings. The van der Waals surface area contributed by atoms with Crippen molar-refractivity contribution in [1.82, 2.24) is 14.6 Å². The molecule has 41 heavy (non-hydrogen) atoms. The van der Waals surface area contributed by atoms with Crippen LogP contribution in [0.25, 0.3) is 0 Å². The molecule has 2 aliphatic rings. The number of halogens is 1. The number of aryl methyl sites for hydroxylation is 1. The summed E-state index contributed by atoms with van der Waals surface area (Å²) in [5.41, 5.74) is -2.99. The minimum Gasteiger partial charge on any atom is -0.459 e. The number of H-pyrrole nitrogens is 1. The molecule has 1 aromatic heterocycles. The molecule has 1 saturated heterocycles. The summed E-state index contributed by atoms with van der Waals surface area (Å²) in [6.45, 7) is 6.92. The van der Waals surface area contributed by atoms with E-state index in [2.05, 4.69) is 5.09 Å². The van der Waals surface area contributed by atoms with Crippen LogP contribution in [0.3, 0.4) is 0 Å². The number of aliphatic hydroxyl groups excluding tert-OH is 1. The van der Waals surface area contributed by atoms with Crippen LogP contribution in [0.1, 0.15) is 64.8 Å². The number of ether oxygens (including phenoxy) is 2. The van der Waals surface area contributed by atoms with E-state index in [9.17, 15) is 24.1 Å². The SMILES string of the molecule is C[C@H](NP(=O)(OCC1O[C@@H](n2ccc(=O)[nH]c2=O)[C@](C)(F)[C@@H]1O)Oc1cccc2c1CCCC2)C(=O)OC(C)(C)C. The Kier molecular flexibility index (Phi) is 8.96. The molecule has 4 rings (SSSR count). The number of esters is 1. The third kappa shape index (κ3) is 7.15. The van der Waals surface area contributed by atoms with E-state index >= 15 is 4.39 Å². The monoisotopic (exact) mass is 597 g/mol. The highest BCUT2D eigenvalue weighted by Crippen LogP contribution is 2.49. The zero-order valence-electron chi connectivity index (χ0n) is 23.7. The van der Waals surface area contributed by atoms with Gasteiger partial charge in [0.25, 0.3) is 5.56 Å². The first-order chi connectivity index (χ1) is 19.1. The Morgan fingerprint density at radius 3 is 2.68 bits per heavy atom. The predicted molar refractivity (Wildman–Crippen MR) is 146 cm³/mol. The second-order valence-corrected chi connectivity index (χ2v) is 13.2. The normalized spacial score (nSPS) is 26.6. The van der Waals surface area contributed by atoms with E-state index in [1.165, 1.54) is 6.92 Å². The van der Waals surface area contributed by atoms with Crippen LogP contribution >= 0.6 is 7.75 Å². The zero-order chi connectivity index (χ0) is 30.2. The van der Waals surface area contributed by atoms with Crippen molar-refractivity contribution in [3.63, 3.8) is 0 Å². The van der Waals surface area contributed by atoms with Gasteiger partial charge in [-0.1, -0.05) is 12.1 Å². The van der Waals surface area contributed by atoms with Gasteiger partial charge in [0.1, 0.15) is 29.6 Å². The summed E-state index contributed by atoms with van der Waals surface area (Å²) < 4.78 is 53.2. The van der Waals surface area contributed by atoms with Crippen LogP contribution < -0.4 is 20.9 Å². The van der Waals surface area contributed by atoms with E-state index in [-0.39, 0.29) is 0 Å². The van der Waals surface area contributed by atoms with Crippen molar-refractivity contribution in [2.45, 2.75) is 96.0 Å². The summed E-state index contributed by atoms with van der Waals surface area (Å²) in [7, 11) is -4.37. The number of hydrogen-bond donors (Lipinski definition) is 3. The third-order valence-corrected chi connectivity index (χ3v) is 8.54. The van der Waals surface area contributed by atoms with Crippen LogP contribution in [-0.2, 0) is 36.2 Å². The average molecular weight is 598 g/mol. The molecule has 1 aliphatic heterocycles. The first-order valence-electron chi connectivity index (χ1n) is 13.5. The van der Waals surface area contributed by atoms with Gasteiger partial charge in [0, 0.05) is 12.3 Å². The first-order valence-corrected chi connectivity index (χ1v) is 15.0. The van der Waals surface area contributed by atoms with Gasteiger partial charge in [-0.25, -0.2) is 13.8 Å². The van der Waals surface area contributed by atoms with Crippen molar-refractivity contribution in [2.24, 2.45) is 0 Å². The Morgan fingerprint density at radius 1 is 1.29 bits per heavy atom. The Morgan fingerprint density at radius 2 is 2.00 bits per heavy atom. The summed E-state index contributed by atoms with van der Waals surface area (Å²) >= 11 is 0. The summed E-state index contributed by atoms with van der Waals surface area (Å²) in [6.07, 6.45) is -0.307. The van der Waals surface area contributed by atoms with Crippen LogP contribution in [0.2, 0.25) is 0 Å². The molecule has 0 saturated carbocycles. The lowest BCUT2D eigenvalue weighted by Gasteiger charge is -2.28. The Labute approximate surface area is 236 Å². The van der Waals surface area contributed by atoms with Crippen molar-refractivity contribution in [2.75, 3.05) is 6.61 Å². The van der Waals surface area contributed by atoms with Gasteiger partial charge in [-0.3, -0.25) is 23.7 Å². The highest BCUT2D eigenvalue weighted by Gasteiger charge is 2.56. The van der Waals surface area contributed by atoms with Gasteiger partial charge in [0.15, 0.2) is 11.9 Å². The summed E-state index contributed by atoms with van der Waals surface area (Å²) in [4.78, 5) is 38.4. The van der Waals surface area contributed by atoms with Gasteiger partial charge < -0.3 is 19.1 Å². The fourth-order valence-electron chi connectivity index (χ4n) is 4.87. The molecule has 6 atom stereocenters. The van der Waals surface area contributed by atoms with E-state index in [4.69, 9.17) is 18.5 Å². The molecule has 226 valence electrons. The number of aromatic nitrogens is 2. The Bertz CT molecular complexity index is 1430. The van der Waals surface area contributed by atoms with Crippen LogP contribution in [0.15, 0.2) is 40.1 Å². The largest absolute Gasteiger partial charge is 0.459 e. The van der Waals surface area contributed by atoms with E-state index < -0.39 is 67.3 Å². The van der Waals surface area contributed by atoms with E-state index in [1.54, 1.807) is 32.9 Å². The van der Waals surface area contributed by atoms with Crippen molar-refractivity contribution in [3.05, 3.63) is 62.4 Å². The first kappa shape index (κ1) is 31.1. The number of carbonyl (C=O) groups is 1.